The zero-order chi connectivity index (χ0) is 11.8. The van der Waals surface area contributed by atoms with Crippen molar-refractivity contribution in [3.8, 4) is 0 Å². The maximum absolute atomic E-state index is 5.89. The largest absolute Gasteiger partial charge is 0.375 e. The van der Waals surface area contributed by atoms with E-state index >= 15 is 0 Å². The zero-order valence-electron chi connectivity index (χ0n) is 11.5. The summed E-state index contributed by atoms with van der Waals surface area (Å²) in [5.41, 5.74) is 0.140. The van der Waals surface area contributed by atoms with Crippen molar-refractivity contribution in [1.82, 2.24) is 0 Å². The summed E-state index contributed by atoms with van der Waals surface area (Å²) in [6.45, 7) is 10.4. The van der Waals surface area contributed by atoms with Crippen LogP contribution >= 0.6 is 0 Å². The van der Waals surface area contributed by atoms with E-state index in [4.69, 9.17) is 4.74 Å². The van der Waals surface area contributed by atoms with Crippen LogP contribution in [0.5, 0.6) is 0 Å². The first-order chi connectivity index (χ1) is 7.48. The van der Waals surface area contributed by atoms with Crippen LogP contribution in [-0.4, -0.2) is 12.2 Å². The Morgan fingerprint density at radius 2 is 1.69 bits per heavy atom. The van der Waals surface area contributed by atoms with Gasteiger partial charge in [-0.2, -0.15) is 0 Å². The fourth-order valence-corrected chi connectivity index (χ4v) is 3.62. The molecule has 0 aromatic rings. The normalized spacial score (nSPS) is 40.9. The molecule has 1 aliphatic carbocycles. The molecule has 2 fully saturated rings. The Hall–Kier alpha value is -0.0400. The molecule has 0 radical (unpaired) electrons. The Labute approximate surface area is 101 Å². The Balaban J connectivity index is 1.86. The van der Waals surface area contributed by atoms with E-state index < -0.39 is 0 Å². The van der Waals surface area contributed by atoms with Crippen LogP contribution < -0.4 is 0 Å². The predicted molar refractivity (Wildman–Crippen MR) is 68.4 cm³/mol. The SMILES string of the molecule is CC1CCC(C(C)C2COC(C)(C)C2)CC1. The summed E-state index contributed by atoms with van der Waals surface area (Å²) in [5.74, 6) is 3.63. The van der Waals surface area contributed by atoms with Gasteiger partial charge >= 0.3 is 0 Å². The van der Waals surface area contributed by atoms with Crippen LogP contribution in [-0.2, 0) is 4.74 Å². The van der Waals surface area contributed by atoms with E-state index in [0.29, 0.717) is 0 Å². The molecule has 1 saturated heterocycles. The number of rotatable bonds is 2. The van der Waals surface area contributed by atoms with E-state index in [1.807, 2.05) is 0 Å². The van der Waals surface area contributed by atoms with Crippen LogP contribution in [0.2, 0.25) is 0 Å². The van der Waals surface area contributed by atoms with Crippen molar-refractivity contribution in [2.24, 2.45) is 23.7 Å². The van der Waals surface area contributed by atoms with Gasteiger partial charge in [0.05, 0.1) is 12.2 Å². The van der Waals surface area contributed by atoms with E-state index in [-0.39, 0.29) is 5.60 Å². The molecule has 1 nitrogen and oxygen atoms in total. The third-order valence-electron chi connectivity index (χ3n) is 4.99. The predicted octanol–water partition coefficient (Wildman–Crippen LogP) is 4.26. The topological polar surface area (TPSA) is 9.23 Å². The molecule has 2 atom stereocenters. The summed E-state index contributed by atoms with van der Waals surface area (Å²) >= 11 is 0. The van der Waals surface area contributed by atoms with E-state index in [1.165, 1.54) is 32.1 Å². The maximum Gasteiger partial charge on any atom is 0.0630 e. The van der Waals surface area contributed by atoms with E-state index in [2.05, 4.69) is 27.7 Å². The molecule has 2 rings (SSSR count). The lowest BCUT2D eigenvalue weighted by Crippen LogP contribution is -2.26. The third kappa shape index (κ3) is 2.80. The number of hydrogen-bond donors (Lipinski definition) is 0. The van der Waals surface area contributed by atoms with Gasteiger partial charge in [0.15, 0.2) is 0 Å². The van der Waals surface area contributed by atoms with Crippen molar-refractivity contribution < 1.29 is 4.74 Å². The molecule has 1 aliphatic heterocycles. The van der Waals surface area contributed by atoms with Gasteiger partial charge in [-0.15, -0.1) is 0 Å². The maximum atomic E-state index is 5.89. The Morgan fingerprint density at radius 1 is 1.06 bits per heavy atom. The molecule has 1 heterocycles. The van der Waals surface area contributed by atoms with Crippen molar-refractivity contribution >= 4 is 0 Å². The summed E-state index contributed by atoms with van der Waals surface area (Å²) in [6.07, 6.45) is 7.08. The first-order valence-electron chi connectivity index (χ1n) is 7.12. The van der Waals surface area contributed by atoms with Crippen LogP contribution in [0.25, 0.3) is 0 Å². The van der Waals surface area contributed by atoms with Gasteiger partial charge in [-0.05, 0) is 56.8 Å². The van der Waals surface area contributed by atoms with Gasteiger partial charge in [-0.25, -0.2) is 0 Å². The molecule has 1 heteroatoms. The van der Waals surface area contributed by atoms with Gasteiger partial charge in [-0.3, -0.25) is 0 Å². The highest BCUT2D eigenvalue weighted by molar-refractivity contribution is 4.87. The lowest BCUT2D eigenvalue weighted by atomic mass is 9.71. The van der Waals surface area contributed by atoms with Crippen molar-refractivity contribution in [2.45, 2.75) is 65.4 Å². The van der Waals surface area contributed by atoms with Gasteiger partial charge < -0.3 is 4.74 Å². The molecular formula is C15H28O. The standard InChI is InChI=1S/C15H28O/c1-11-5-7-13(8-6-11)12(2)14-9-15(3,4)16-10-14/h11-14H,5-10H2,1-4H3. The lowest BCUT2D eigenvalue weighted by Gasteiger charge is -2.33. The van der Waals surface area contributed by atoms with Gasteiger partial charge in [-0.1, -0.05) is 26.7 Å². The summed E-state index contributed by atoms with van der Waals surface area (Å²) in [6, 6.07) is 0. The number of ether oxygens (including phenoxy) is 1. The molecule has 0 bridgehead atoms. The first kappa shape index (κ1) is 12.4. The second-order valence-corrected chi connectivity index (χ2v) is 6.91. The quantitative estimate of drug-likeness (QED) is 0.681. The molecule has 94 valence electrons. The molecule has 1 saturated carbocycles. The minimum absolute atomic E-state index is 0.140. The molecule has 0 aromatic carbocycles. The summed E-state index contributed by atoms with van der Waals surface area (Å²) in [7, 11) is 0. The van der Waals surface area contributed by atoms with Crippen LogP contribution in [0, 0.1) is 23.7 Å². The third-order valence-corrected chi connectivity index (χ3v) is 4.99. The van der Waals surface area contributed by atoms with E-state index in [1.54, 1.807) is 0 Å². The smallest absolute Gasteiger partial charge is 0.0630 e. The van der Waals surface area contributed by atoms with Crippen LogP contribution in [0.3, 0.4) is 0 Å². The molecule has 0 spiro atoms. The van der Waals surface area contributed by atoms with Gasteiger partial charge in [0, 0.05) is 0 Å². The van der Waals surface area contributed by atoms with Crippen molar-refractivity contribution in [1.29, 1.82) is 0 Å². The van der Waals surface area contributed by atoms with Crippen LogP contribution in [0.4, 0.5) is 0 Å². The van der Waals surface area contributed by atoms with E-state index in [9.17, 15) is 0 Å². The highest BCUT2D eigenvalue weighted by Gasteiger charge is 2.37. The fraction of sp³-hybridized carbons (Fsp3) is 1.00. The van der Waals surface area contributed by atoms with Gasteiger partial charge in [0.1, 0.15) is 0 Å². The molecular weight excluding hydrogens is 196 g/mol. The second-order valence-electron chi connectivity index (χ2n) is 6.91. The molecule has 0 N–H and O–H groups in total. The van der Waals surface area contributed by atoms with Crippen molar-refractivity contribution in [3.63, 3.8) is 0 Å². The van der Waals surface area contributed by atoms with Crippen molar-refractivity contribution in [3.05, 3.63) is 0 Å². The summed E-state index contributed by atoms with van der Waals surface area (Å²) in [5, 5.41) is 0. The highest BCUT2D eigenvalue weighted by atomic mass is 16.5. The van der Waals surface area contributed by atoms with Gasteiger partial charge in [0.25, 0.3) is 0 Å². The van der Waals surface area contributed by atoms with Crippen LogP contribution in [0.1, 0.15) is 59.8 Å². The summed E-state index contributed by atoms with van der Waals surface area (Å²) < 4.78 is 5.89. The highest BCUT2D eigenvalue weighted by Crippen LogP contribution is 2.41. The minimum atomic E-state index is 0.140. The molecule has 16 heavy (non-hydrogen) atoms. The Bertz CT molecular complexity index is 226. The average Bonchev–Trinajstić information content (AvgIpc) is 2.59. The van der Waals surface area contributed by atoms with Gasteiger partial charge in [0.2, 0.25) is 0 Å². The molecule has 2 aliphatic rings. The monoisotopic (exact) mass is 224 g/mol. The lowest BCUT2D eigenvalue weighted by molar-refractivity contribution is 0.0326. The fourth-order valence-electron chi connectivity index (χ4n) is 3.62. The van der Waals surface area contributed by atoms with Crippen molar-refractivity contribution in [2.75, 3.05) is 6.61 Å². The number of hydrogen-bond acceptors (Lipinski definition) is 1. The Kier molecular flexibility index (Phi) is 3.63. The van der Waals surface area contributed by atoms with Crippen LogP contribution in [0.15, 0.2) is 0 Å². The minimum Gasteiger partial charge on any atom is -0.375 e. The molecule has 0 amide bonds. The Morgan fingerprint density at radius 3 is 2.19 bits per heavy atom. The molecule has 2 unspecified atom stereocenters. The first-order valence-corrected chi connectivity index (χ1v) is 7.12. The molecule has 0 aromatic heterocycles. The zero-order valence-corrected chi connectivity index (χ0v) is 11.5. The summed E-state index contributed by atoms with van der Waals surface area (Å²) in [4.78, 5) is 0. The van der Waals surface area contributed by atoms with E-state index in [0.717, 1.165) is 30.3 Å². The average molecular weight is 224 g/mol. The second kappa shape index (κ2) is 4.68.